The molecule has 2 rings (SSSR count). The predicted octanol–water partition coefficient (Wildman–Crippen LogP) is 4.34. The van der Waals surface area contributed by atoms with Gasteiger partial charge in [0.25, 0.3) is 0 Å². The summed E-state index contributed by atoms with van der Waals surface area (Å²) in [5.74, 6) is -0.648. The Kier molecular flexibility index (Phi) is 5.63. The van der Waals surface area contributed by atoms with Gasteiger partial charge in [-0.15, -0.1) is 0 Å². The lowest BCUT2D eigenvalue weighted by molar-refractivity contribution is -0.535. The quantitative estimate of drug-likeness (QED) is 0.434. The Balaban J connectivity index is 2.34. The minimum Gasteiger partial charge on any atom is -0.294 e. The molecular formula is C19H21NO3. The second-order valence-electron chi connectivity index (χ2n) is 6.03. The summed E-state index contributed by atoms with van der Waals surface area (Å²) in [4.78, 5) is 23.9. The van der Waals surface area contributed by atoms with Gasteiger partial charge in [0.15, 0.2) is 5.78 Å². The fourth-order valence-corrected chi connectivity index (χ4v) is 2.93. The van der Waals surface area contributed by atoms with E-state index in [2.05, 4.69) is 0 Å². The van der Waals surface area contributed by atoms with Crippen LogP contribution in [-0.4, -0.2) is 16.7 Å². The van der Waals surface area contributed by atoms with Crippen molar-refractivity contribution in [3.63, 3.8) is 0 Å². The van der Waals surface area contributed by atoms with E-state index in [0.29, 0.717) is 5.56 Å². The summed E-state index contributed by atoms with van der Waals surface area (Å²) in [6.45, 7) is 3.66. The van der Waals surface area contributed by atoms with Crippen molar-refractivity contribution in [1.82, 2.24) is 0 Å². The molecule has 0 fully saturated rings. The minimum atomic E-state index is -0.787. The zero-order chi connectivity index (χ0) is 16.8. The Hall–Kier alpha value is -2.49. The fraction of sp³-hybridized carbons (Fsp3) is 0.316. The first-order valence-electron chi connectivity index (χ1n) is 7.77. The molecule has 0 amide bonds. The maximum Gasteiger partial charge on any atom is 0.222 e. The Morgan fingerprint density at radius 3 is 2.00 bits per heavy atom. The van der Waals surface area contributed by atoms with Gasteiger partial charge in [-0.1, -0.05) is 74.5 Å². The number of carbonyl (C=O) groups is 1. The van der Waals surface area contributed by atoms with Gasteiger partial charge in [-0.05, 0) is 5.56 Å². The van der Waals surface area contributed by atoms with E-state index in [1.54, 1.807) is 24.3 Å². The van der Waals surface area contributed by atoms with Gasteiger partial charge in [0.2, 0.25) is 6.04 Å². The van der Waals surface area contributed by atoms with Crippen LogP contribution >= 0.6 is 0 Å². The summed E-state index contributed by atoms with van der Waals surface area (Å²) in [5, 5.41) is 11.6. The average Bonchev–Trinajstić information content (AvgIpc) is 2.55. The summed E-state index contributed by atoms with van der Waals surface area (Å²) >= 11 is 0. The van der Waals surface area contributed by atoms with E-state index in [0.717, 1.165) is 5.56 Å². The van der Waals surface area contributed by atoms with Gasteiger partial charge in [0.1, 0.15) is 0 Å². The highest BCUT2D eigenvalue weighted by Crippen LogP contribution is 2.31. The number of carbonyl (C=O) groups excluding carboxylic acids is 1. The summed E-state index contributed by atoms with van der Waals surface area (Å²) in [6.07, 6.45) is 0.137. The van der Waals surface area contributed by atoms with E-state index in [-0.39, 0.29) is 23.0 Å². The van der Waals surface area contributed by atoms with Crippen LogP contribution in [0.25, 0.3) is 0 Å². The first-order valence-corrected chi connectivity index (χ1v) is 7.77. The molecule has 0 saturated heterocycles. The van der Waals surface area contributed by atoms with Crippen LogP contribution in [0.3, 0.4) is 0 Å². The van der Waals surface area contributed by atoms with Crippen molar-refractivity contribution >= 4 is 5.78 Å². The largest absolute Gasteiger partial charge is 0.294 e. The van der Waals surface area contributed by atoms with Gasteiger partial charge in [-0.3, -0.25) is 14.9 Å². The van der Waals surface area contributed by atoms with Gasteiger partial charge in [0, 0.05) is 22.8 Å². The molecule has 2 aromatic rings. The van der Waals surface area contributed by atoms with Crippen molar-refractivity contribution in [3.05, 3.63) is 81.9 Å². The molecule has 0 bridgehead atoms. The molecule has 0 aliphatic heterocycles. The molecule has 2 atom stereocenters. The number of hydrogen-bond acceptors (Lipinski definition) is 3. The van der Waals surface area contributed by atoms with Gasteiger partial charge < -0.3 is 0 Å². The third-order valence-electron chi connectivity index (χ3n) is 4.07. The predicted molar refractivity (Wildman–Crippen MR) is 90.2 cm³/mol. The van der Waals surface area contributed by atoms with Gasteiger partial charge in [-0.2, -0.15) is 0 Å². The van der Waals surface area contributed by atoms with Crippen LogP contribution < -0.4 is 0 Å². The maximum absolute atomic E-state index is 12.6. The van der Waals surface area contributed by atoms with Crippen LogP contribution in [0.15, 0.2) is 60.7 Å². The van der Waals surface area contributed by atoms with Crippen LogP contribution in [0.1, 0.15) is 42.1 Å². The van der Waals surface area contributed by atoms with Crippen LogP contribution in [0, 0.1) is 16.0 Å². The van der Waals surface area contributed by atoms with E-state index < -0.39 is 12.0 Å². The summed E-state index contributed by atoms with van der Waals surface area (Å²) in [7, 11) is 0. The number of nitro groups is 1. The Bertz CT molecular complexity index is 653. The Labute approximate surface area is 136 Å². The molecule has 0 saturated carbocycles. The van der Waals surface area contributed by atoms with Crippen molar-refractivity contribution in [2.24, 2.45) is 5.92 Å². The van der Waals surface area contributed by atoms with Crippen molar-refractivity contribution in [2.45, 2.75) is 32.2 Å². The smallest absolute Gasteiger partial charge is 0.222 e. The number of hydrogen-bond donors (Lipinski definition) is 0. The highest BCUT2D eigenvalue weighted by Gasteiger charge is 2.37. The highest BCUT2D eigenvalue weighted by atomic mass is 16.6. The molecule has 0 unspecified atom stereocenters. The third kappa shape index (κ3) is 4.25. The minimum absolute atomic E-state index is 0.0630. The molecule has 23 heavy (non-hydrogen) atoms. The Morgan fingerprint density at radius 2 is 1.52 bits per heavy atom. The van der Waals surface area contributed by atoms with Crippen molar-refractivity contribution < 1.29 is 9.72 Å². The fourth-order valence-electron chi connectivity index (χ4n) is 2.93. The molecule has 4 heteroatoms. The first-order chi connectivity index (χ1) is 11.0. The maximum atomic E-state index is 12.6. The normalized spacial score (nSPS) is 13.5. The van der Waals surface area contributed by atoms with Gasteiger partial charge in [-0.25, -0.2) is 0 Å². The lowest BCUT2D eigenvalue weighted by Gasteiger charge is -2.23. The lowest BCUT2D eigenvalue weighted by atomic mass is 9.81. The summed E-state index contributed by atoms with van der Waals surface area (Å²) in [5.41, 5.74) is 1.44. The second-order valence-corrected chi connectivity index (χ2v) is 6.03. The monoisotopic (exact) mass is 311 g/mol. The Morgan fingerprint density at radius 1 is 1.00 bits per heavy atom. The third-order valence-corrected chi connectivity index (χ3v) is 4.07. The van der Waals surface area contributed by atoms with Crippen molar-refractivity contribution in [3.8, 4) is 0 Å². The van der Waals surface area contributed by atoms with E-state index in [9.17, 15) is 14.9 Å². The van der Waals surface area contributed by atoms with E-state index >= 15 is 0 Å². The van der Waals surface area contributed by atoms with Crippen molar-refractivity contribution in [1.29, 1.82) is 0 Å². The molecule has 2 aromatic carbocycles. The molecule has 0 heterocycles. The number of Topliss-reactive ketones (excluding diaryl/α,β-unsaturated/α-hetero) is 1. The zero-order valence-corrected chi connectivity index (χ0v) is 13.4. The van der Waals surface area contributed by atoms with Gasteiger partial charge in [0.05, 0.1) is 5.92 Å². The summed E-state index contributed by atoms with van der Waals surface area (Å²) < 4.78 is 0. The van der Waals surface area contributed by atoms with Crippen LogP contribution in [0.4, 0.5) is 0 Å². The molecule has 0 aromatic heterocycles. The standard InChI is InChI=1S/C19H21NO3/c1-14(2)19(20(22)23)17(15-9-5-3-6-10-15)13-18(21)16-11-7-4-8-12-16/h3-12,14,17,19H,13H2,1-2H3/t17-,19+/m1/s1. The topological polar surface area (TPSA) is 60.2 Å². The molecular weight excluding hydrogens is 290 g/mol. The van der Waals surface area contributed by atoms with Crippen LogP contribution in [0.5, 0.6) is 0 Å². The average molecular weight is 311 g/mol. The van der Waals surface area contributed by atoms with Crippen molar-refractivity contribution in [2.75, 3.05) is 0 Å². The first kappa shape index (κ1) is 16.9. The second kappa shape index (κ2) is 7.68. The summed E-state index contributed by atoms with van der Waals surface area (Å²) in [6, 6.07) is 17.5. The lowest BCUT2D eigenvalue weighted by Crippen LogP contribution is -2.34. The van der Waals surface area contributed by atoms with Crippen LogP contribution in [-0.2, 0) is 0 Å². The van der Waals surface area contributed by atoms with Gasteiger partial charge >= 0.3 is 0 Å². The molecule has 4 nitrogen and oxygen atoms in total. The number of ketones is 1. The number of nitrogens with zero attached hydrogens (tertiary/aromatic N) is 1. The SMILES string of the molecule is CC(C)[C@@H]([C@H](CC(=O)c1ccccc1)c1ccccc1)[N+](=O)[O-]. The number of rotatable bonds is 7. The molecule has 0 aliphatic rings. The molecule has 0 aliphatic carbocycles. The van der Waals surface area contributed by atoms with E-state index in [4.69, 9.17) is 0 Å². The number of benzene rings is 2. The van der Waals surface area contributed by atoms with Crippen LogP contribution in [0.2, 0.25) is 0 Å². The van der Waals surface area contributed by atoms with E-state index in [1.165, 1.54) is 0 Å². The zero-order valence-electron chi connectivity index (χ0n) is 13.4. The van der Waals surface area contributed by atoms with E-state index in [1.807, 2.05) is 50.2 Å². The molecule has 0 radical (unpaired) electrons. The molecule has 0 spiro atoms. The molecule has 120 valence electrons. The highest BCUT2D eigenvalue weighted by molar-refractivity contribution is 5.96. The molecule has 0 N–H and O–H groups in total.